The van der Waals surface area contributed by atoms with E-state index >= 15 is 0 Å². The maximum absolute atomic E-state index is 12.4. The molecular formula is C20H18Cl2N2O3. The van der Waals surface area contributed by atoms with Crippen molar-refractivity contribution in [3.63, 3.8) is 0 Å². The largest absolute Gasteiger partial charge is 0.441 e. The van der Waals surface area contributed by atoms with Crippen LogP contribution in [0.15, 0.2) is 53.1 Å². The molecule has 1 unspecified atom stereocenters. The van der Waals surface area contributed by atoms with E-state index in [0.717, 1.165) is 16.7 Å². The number of benzene rings is 2. The number of anilines is 1. The Balaban J connectivity index is 1.78. The molecule has 2 aromatic carbocycles. The van der Waals surface area contributed by atoms with Gasteiger partial charge in [-0.25, -0.2) is 4.79 Å². The molecule has 0 aliphatic rings. The molecule has 1 N–H and O–H groups in total. The van der Waals surface area contributed by atoms with E-state index in [-0.39, 0.29) is 0 Å². The van der Waals surface area contributed by atoms with Gasteiger partial charge in [0.1, 0.15) is 17.5 Å². The Labute approximate surface area is 167 Å². The van der Waals surface area contributed by atoms with Gasteiger partial charge < -0.3 is 9.26 Å². The van der Waals surface area contributed by atoms with Crippen LogP contribution < -0.4 is 5.32 Å². The van der Waals surface area contributed by atoms with E-state index in [1.807, 2.05) is 42.5 Å². The van der Waals surface area contributed by atoms with Gasteiger partial charge in [-0.1, -0.05) is 53.2 Å². The number of aryl methyl sites for hydroxylation is 1. The number of nitrogens with zero attached hydrogens (tertiary/aromatic N) is 1. The predicted octanol–water partition coefficient (Wildman–Crippen LogP) is 6.35. The Bertz CT molecular complexity index is 956. The molecular weight excluding hydrogens is 387 g/mol. The van der Waals surface area contributed by atoms with Crippen LogP contribution in [0.25, 0.3) is 11.3 Å². The van der Waals surface area contributed by atoms with E-state index in [4.69, 9.17) is 32.5 Å². The fraction of sp³-hybridized carbons (Fsp3) is 0.200. The molecule has 3 rings (SSSR count). The zero-order chi connectivity index (χ0) is 19.4. The highest BCUT2D eigenvalue weighted by Gasteiger charge is 2.20. The normalized spacial score (nSPS) is 11.9. The summed E-state index contributed by atoms with van der Waals surface area (Å²) in [4.78, 5) is 12.4. The van der Waals surface area contributed by atoms with Crippen LogP contribution in [0.1, 0.15) is 29.8 Å². The van der Waals surface area contributed by atoms with Crippen LogP contribution in [-0.2, 0) is 10.6 Å². The fourth-order valence-electron chi connectivity index (χ4n) is 2.67. The van der Waals surface area contributed by atoms with Crippen LogP contribution in [0, 0.1) is 6.92 Å². The van der Waals surface area contributed by atoms with Crippen LogP contribution >= 0.6 is 23.2 Å². The Morgan fingerprint density at radius 2 is 2.04 bits per heavy atom. The van der Waals surface area contributed by atoms with Gasteiger partial charge in [0.05, 0.1) is 0 Å². The number of ether oxygens (including phenoxy) is 1. The molecule has 0 spiro atoms. The van der Waals surface area contributed by atoms with Crippen LogP contribution in [0.5, 0.6) is 0 Å². The summed E-state index contributed by atoms with van der Waals surface area (Å²) >= 11 is 12.1. The van der Waals surface area contributed by atoms with Gasteiger partial charge in [-0.15, -0.1) is 11.6 Å². The number of aromatic nitrogens is 1. The smallest absolute Gasteiger partial charge is 0.412 e. The predicted molar refractivity (Wildman–Crippen MR) is 106 cm³/mol. The summed E-state index contributed by atoms with van der Waals surface area (Å²) in [6, 6.07) is 14.7. The lowest BCUT2D eigenvalue weighted by Gasteiger charge is -2.15. The van der Waals surface area contributed by atoms with Crippen LogP contribution in [0.3, 0.4) is 0 Å². The maximum atomic E-state index is 12.4. The molecule has 140 valence electrons. The van der Waals surface area contributed by atoms with Crippen molar-refractivity contribution in [2.24, 2.45) is 0 Å². The molecule has 0 radical (unpaired) electrons. The second-order valence-electron chi connectivity index (χ2n) is 6.00. The lowest BCUT2D eigenvalue weighted by Crippen LogP contribution is -2.17. The number of rotatable bonds is 5. The van der Waals surface area contributed by atoms with Crippen molar-refractivity contribution < 1.29 is 14.1 Å². The van der Waals surface area contributed by atoms with Crippen LogP contribution in [0.4, 0.5) is 10.5 Å². The second kappa shape index (κ2) is 8.46. The monoisotopic (exact) mass is 404 g/mol. The van der Waals surface area contributed by atoms with Crippen LogP contribution in [-0.4, -0.2) is 11.2 Å². The fourth-order valence-corrected chi connectivity index (χ4v) is 3.13. The summed E-state index contributed by atoms with van der Waals surface area (Å²) in [7, 11) is 0. The highest BCUT2D eigenvalue weighted by Crippen LogP contribution is 2.32. The minimum atomic E-state index is -0.622. The van der Waals surface area contributed by atoms with Gasteiger partial charge in [0, 0.05) is 22.0 Å². The molecule has 7 heteroatoms. The molecule has 3 aromatic rings. The van der Waals surface area contributed by atoms with E-state index in [9.17, 15) is 4.79 Å². The Morgan fingerprint density at radius 1 is 1.26 bits per heavy atom. The van der Waals surface area contributed by atoms with Crippen LogP contribution in [0.2, 0.25) is 5.02 Å². The number of alkyl halides is 1. The topological polar surface area (TPSA) is 64.4 Å². The number of amides is 1. The number of carbonyl (C=O) groups is 1. The molecule has 0 saturated heterocycles. The lowest BCUT2D eigenvalue weighted by molar-refractivity contribution is 0.121. The molecule has 1 heterocycles. The molecule has 0 bridgehead atoms. The average molecular weight is 405 g/mol. The highest BCUT2D eigenvalue weighted by atomic mass is 35.5. The highest BCUT2D eigenvalue weighted by molar-refractivity contribution is 6.31. The molecule has 0 saturated carbocycles. The minimum absolute atomic E-state index is 0.376. The first-order valence-electron chi connectivity index (χ1n) is 8.33. The zero-order valence-corrected chi connectivity index (χ0v) is 16.3. The number of hydrogen-bond acceptors (Lipinski definition) is 4. The van der Waals surface area contributed by atoms with Gasteiger partial charge in [0.2, 0.25) is 0 Å². The Morgan fingerprint density at radius 3 is 2.78 bits per heavy atom. The van der Waals surface area contributed by atoms with Gasteiger partial charge in [-0.3, -0.25) is 5.32 Å². The first-order chi connectivity index (χ1) is 13.0. The van der Waals surface area contributed by atoms with Crippen molar-refractivity contribution >= 4 is 35.0 Å². The van der Waals surface area contributed by atoms with Crippen molar-refractivity contribution in [2.75, 3.05) is 5.32 Å². The van der Waals surface area contributed by atoms with Gasteiger partial charge in [-0.05, 0) is 31.5 Å². The number of carbonyl (C=O) groups excluding carboxylic acids is 1. The zero-order valence-electron chi connectivity index (χ0n) is 14.8. The van der Waals surface area contributed by atoms with E-state index in [1.54, 1.807) is 19.9 Å². The van der Waals surface area contributed by atoms with Crippen molar-refractivity contribution in [1.29, 1.82) is 0 Å². The Kier molecular flexibility index (Phi) is 6.04. The first-order valence-corrected chi connectivity index (χ1v) is 9.24. The minimum Gasteiger partial charge on any atom is -0.441 e. The third-order valence-corrected chi connectivity index (χ3v) is 4.71. The van der Waals surface area contributed by atoms with E-state index in [1.165, 1.54) is 0 Å². The quantitative estimate of drug-likeness (QED) is 0.502. The molecule has 0 aliphatic carbocycles. The van der Waals surface area contributed by atoms with Gasteiger partial charge >= 0.3 is 6.09 Å². The summed E-state index contributed by atoms with van der Waals surface area (Å²) in [6.07, 6.45) is -1.13. The van der Waals surface area contributed by atoms with Crippen molar-refractivity contribution in [2.45, 2.75) is 25.8 Å². The molecule has 0 fully saturated rings. The Hall–Kier alpha value is -2.50. The number of nitrogens with one attached hydrogen (secondary N) is 1. The van der Waals surface area contributed by atoms with Gasteiger partial charge in [0.15, 0.2) is 5.76 Å². The molecule has 1 amide bonds. The molecule has 1 aromatic heterocycles. The molecule has 1 atom stereocenters. The third-order valence-electron chi connectivity index (χ3n) is 4.06. The number of hydrogen-bond donors (Lipinski definition) is 1. The second-order valence-corrected chi connectivity index (χ2v) is 6.67. The maximum Gasteiger partial charge on any atom is 0.412 e. The van der Waals surface area contributed by atoms with Crippen molar-refractivity contribution in [1.82, 2.24) is 5.16 Å². The standard InChI is InChI=1S/C20H18Cl2N2O3/c1-12-18(19(27-24-12)15-7-5-6-14(10-15)11-21)23-20(25)26-13(2)16-8-3-4-9-17(16)22/h3-10,13H,11H2,1-2H3,(H,23,25). The van der Waals surface area contributed by atoms with Crippen molar-refractivity contribution in [3.8, 4) is 11.3 Å². The van der Waals surface area contributed by atoms with E-state index in [2.05, 4.69) is 10.5 Å². The summed E-state index contributed by atoms with van der Waals surface area (Å²) in [5, 5.41) is 7.21. The summed E-state index contributed by atoms with van der Waals surface area (Å²) < 4.78 is 10.9. The van der Waals surface area contributed by atoms with Crippen molar-refractivity contribution in [3.05, 3.63) is 70.4 Å². The van der Waals surface area contributed by atoms with E-state index < -0.39 is 12.2 Å². The first kappa shape index (κ1) is 19.3. The average Bonchev–Trinajstić information content (AvgIpc) is 3.02. The third kappa shape index (κ3) is 4.43. The number of halogens is 2. The lowest BCUT2D eigenvalue weighted by atomic mass is 10.1. The van der Waals surface area contributed by atoms with E-state index in [0.29, 0.717) is 28.0 Å². The molecule has 0 aliphatic heterocycles. The molecule has 27 heavy (non-hydrogen) atoms. The van der Waals surface area contributed by atoms with Gasteiger partial charge in [0.25, 0.3) is 0 Å². The summed E-state index contributed by atoms with van der Waals surface area (Å²) in [5.41, 5.74) is 3.43. The molecule has 5 nitrogen and oxygen atoms in total. The summed E-state index contributed by atoms with van der Waals surface area (Å²) in [5.74, 6) is 0.822. The summed E-state index contributed by atoms with van der Waals surface area (Å²) in [6.45, 7) is 3.50. The van der Waals surface area contributed by atoms with Gasteiger partial charge in [-0.2, -0.15) is 0 Å². The SMILES string of the molecule is Cc1noc(-c2cccc(CCl)c2)c1NC(=O)OC(C)c1ccccc1Cl.